The molecule has 1 fully saturated rings. The predicted octanol–water partition coefficient (Wildman–Crippen LogP) is 3.88. The zero-order valence-electron chi connectivity index (χ0n) is 14.7. The molecule has 4 rings (SSSR count). The molecule has 0 bridgehead atoms. The zero-order valence-corrected chi connectivity index (χ0v) is 15.5. The van der Waals surface area contributed by atoms with Crippen molar-refractivity contribution in [3.8, 4) is 5.88 Å². The molecule has 0 saturated carbocycles. The standard InChI is InChI=1S/C19H24N4OS/c1-3-15-20-19-23(21-15)18(24)17(25-19)16(14-9-5-4-6-10-14)22-11-7-8-13(2)12-22/h4-6,9-10,13,16,24H,3,7-8,11-12H2,1-2H3/t13-,16+/m0/s1. The first kappa shape index (κ1) is 16.5. The van der Waals surface area contributed by atoms with Gasteiger partial charge in [-0.1, -0.05) is 55.5 Å². The summed E-state index contributed by atoms with van der Waals surface area (Å²) in [6, 6.07) is 10.5. The highest BCUT2D eigenvalue weighted by Gasteiger charge is 2.31. The molecule has 1 aliphatic rings. The maximum atomic E-state index is 10.9. The van der Waals surface area contributed by atoms with Crippen LogP contribution in [0.5, 0.6) is 5.88 Å². The molecule has 2 aromatic heterocycles. The molecule has 0 unspecified atom stereocenters. The Morgan fingerprint density at radius 3 is 2.80 bits per heavy atom. The summed E-state index contributed by atoms with van der Waals surface area (Å²) < 4.78 is 1.60. The quantitative estimate of drug-likeness (QED) is 0.771. The summed E-state index contributed by atoms with van der Waals surface area (Å²) in [5.74, 6) is 1.69. The van der Waals surface area contributed by atoms with Gasteiger partial charge in [0.05, 0.1) is 10.9 Å². The minimum absolute atomic E-state index is 0.0579. The molecule has 0 aliphatic carbocycles. The van der Waals surface area contributed by atoms with E-state index in [0.29, 0.717) is 5.92 Å². The molecule has 0 amide bonds. The number of rotatable bonds is 4. The third-order valence-corrected chi connectivity index (χ3v) is 6.05. The van der Waals surface area contributed by atoms with E-state index in [1.165, 1.54) is 18.4 Å². The maximum absolute atomic E-state index is 10.9. The summed E-state index contributed by atoms with van der Waals surface area (Å²) >= 11 is 1.56. The average Bonchev–Trinajstić information content (AvgIpc) is 3.16. The fourth-order valence-electron chi connectivity index (χ4n) is 3.74. The van der Waals surface area contributed by atoms with Crippen molar-refractivity contribution in [2.45, 2.75) is 39.2 Å². The lowest BCUT2D eigenvalue weighted by Gasteiger charge is -2.37. The predicted molar refractivity (Wildman–Crippen MR) is 100 cm³/mol. The fourth-order valence-corrected chi connectivity index (χ4v) is 4.88. The van der Waals surface area contributed by atoms with Crippen molar-refractivity contribution >= 4 is 16.3 Å². The van der Waals surface area contributed by atoms with Crippen LogP contribution in [-0.2, 0) is 6.42 Å². The molecule has 5 nitrogen and oxygen atoms in total. The zero-order chi connectivity index (χ0) is 17.4. The van der Waals surface area contributed by atoms with Crippen LogP contribution in [0.3, 0.4) is 0 Å². The van der Waals surface area contributed by atoms with E-state index in [4.69, 9.17) is 0 Å². The van der Waals surface area contributed by atoms with E-state index in [1.54, 1.807) is 15.9 Å². The Kier molecular flexibility index (Phi) is 4.48. The first-order valence-electron chi connectivity index (χ1n) is 9.03. The molecule has 0 radical (unpaired) electrons. The number of fused-ring (bicyclic) bond motifs is 1. The molecule has 1 aromatic carbocycles. The van der Waals surface area contributed by atoms with E-state index in [-0.39, 0.29) is 11.9 Å². The molecule has 1 aliphatic heterocycles. The van der Waals surface area contributed by atoms with Gasteiger partial charge in [0.1, 0.15) is 0 Å². The van der Waals surface area contributed by atoms with Gasteiger partial charge in [0, 0.05) is 13.0 Å². The lowest BCUT2D eigenvalue weighted by molar-refractivity contribution is 0.149. The van der Waals surface area contributed by atoms with Gasteiger partial charge >= 0.3 is 0 Å². The second-order valence-corrected chi connectivity index (χ2v) is 7.93. The Morgan fingerprint density at radius 1 is 1.32 bits per heavy atom. The fraction of sp³-hybridized carbons (Fsp3) is 0.474. The van der Waals surface area contributed by atoms with Crippen LogP contribution in [0.2, 0.25) is 0 Å². The molecule has 132 valence electrons. The van der Waals surface area contributed by atoms with Gasteiger partial charge in [0.2, 0.25) is 10.8 Å². The number of benzene rings is 1. The number of aryl methyl sites for hydroxylation is 1. The lowest BCUT2D eigenvalue weighted by atomic mass is 9.95. The Balaban J connectivity index is 1.80. The molecule has 3 heterocycles. The summed E-state index contributed by atoms with van der Waals surface area (Å²) in [5, 5.41) is 15.3. The van der Waals surface area contributed by atoms with E-state index >= 15 is 0 Å². The van der Waals surface area contributed by atoms with Gasteiger partial charge in [-0.05, 0) is 30.9 Å². The Labute approximate surface area is 151 Å². The van der Waals surface area contributed by atoms with Crippen molar-refractivity contribution < 1.29 is 5.11 Å². The van der Waals surface area contributed by atoms with Crippen LogP contribution in [0.1, 0.15) is 49.0 Å². The molecule has 2 atom stereocenters. The summed E-state index contributed by atoms with van der Waals surface area (Å²) in [4.78, 5) is 8.75. The first-order chi connectivity index (χ1) is 12.2. The van der Waals surface area contributed by atoms with Crippen molar-refractivity contribution in [3.05, 3.63) is 46.6 Å². The van der Waals surface area contributed by atoms with E-state index < -0.39 is 0 Å². The van der Waals surface area contributed by atoms with Crippen LogP contribution < -0.4 is 0 Å². The van der Waals surface area contributed by atoms with Crippen molar-refractivity contribution in [3.63, 3.8) is 0 Å². The van der Waals surface area contributed by atoms with Gasteiger partial charge in [-0.2, -0.15) is 4.52 Å². The molecular formula is C19H24N4OS. The first-order valence-corrected chi connectivity index (χ1v) is 9.85. The van der Waals surface area contributed by atoms with Gasteiger partial charge in [0.25, 0.3) is 0 Å². The van der Waals surface area contributed by atoms with Crippen molar-refractivity contribution in [2.24, 2.45) is 5.92 Å². The number of hydrogen-bond acceptors (Lipinski definition) is 5. The average molecular weight is 356 g/mol. The van der Waals surface area contributed by atoms with Gasteiger partial charge < -0.3 is 5.11 Å². The molecule has 1 N–H and O–H groups in total. The molecule has 25 heavy (non-hydrogen) atoms. The normalized spacial score (nSPS) is 20.2. The monoisotopic (exact) mass is 356 g/mol. The van der Waals surface area contributed by atoms with E-state index in [1.807, 2.05) is 13.0 Å². The van der Waals surface area contributed by atoms with E-state index in [2.05, 4.69) is 46.2 Å². The van der Waals surface area contributed by atoms with Crippen molar-refractivity contribution in [1.82, 2.24) is 19.5 Å². The van der Waals surface area contributed by atoms with Crippen LogP contribution in [-0.4, -0.2) is 37.7 Å². The van der Waals surface area contributed by atoms with Crippen LogP contribution in [0.25, 0.3) is 4.96 Å². The van der Waals surface area contributed by atoms with Crippen LogP contribution in [0.15, 0.2) is 30.3 Å². The number of likely N-dealkylation sites (tertiary alicyclic amines) is 1. The third kappa shape index (κ3) is 3.04. The van der Waals surface area contributed by atoms with Crippen LogP contribution >= 0.6 is 11.3 Å². The molecule has 0 spiro atoms. The summed E-state index contributed by atoms with van der Waals surface area (Å²) in [6.07, 6.45) is 3.25. The number of aromatic hydroxyl groups is 1. The highest BCUT2D eigenvalue weighted by Crippen LogP contribution is 2.41. The van der Waals surface area contributed by atoms with Crippen molar-refractivity contribution in [1.29, 1.82) is 0 Å². The number of aromatic nitrogens is 3. The highest BCUT2D eigenvalue weighted by molar-refractivity contribution is 7.17. The second kappa shape index (κ2) is 6.77. The smallest absolute Gasteiger partial charge is 0.230 e. The summed E-state index contributed by atoms with van der Waals surface area (Å²) in [7, 11) is 0. The SMILES string of the molecule is CCc1nc2sc([C@@H](c3ccccc3)N3CCC[C@H](C)C3)c(O)n2n1. The third-order valence-electron chi connectivity index (χ3n) is 4.98. The summed E-state index contributed by atoms with van der Waals surface area (Å²) in [6.45, 7) is 6.44. The van der Waals surface area contributed by atoms with E-state index in [0.717, 1.165) is 35.2 Å². The molecule has 6 heteroatoms. The van der Waals surface area contributed by atoms with Crippen LogP contribution in [0, 0.1) is 5.92 Å². The molecule has 3 aromatic rings. The maximum Gasteiger partial charge on any atom is 0.230 e. The van der Waals surface area contributed by atoms with Gasteiger partial charge in [-0.25, -0.2) is 4.98 Å². The van der Waals surface area contributed by atoms with Gasteiger partial charge in [-0.15, -0.1) is 5.10 Å². The van der Waals surface area contributed by atoms with Gasteiger partial charge in [0.15, 0.2) is 5.82 Å². The van der Waals surface area contributed by atoms with Gasteiger partial charge in [-0.3, -0.25) is 4.90 Å². The number of thiazole rings is 1. The Hall–Kier alpha value is -1.92. The number of piperidine rings is 1. The summed E-state index contributed by atoms with van der Waals surface area (Å²) in [5.41, 5.74) is 1.21. The number of hydrogen-bond donors (Lipinski definition) is 1. The van der Waals surface area contributed by atoms with Crippen LogP contribution in [0.4, 0.5) is 0 Å². The lowest BCUT2D eigenvalue weighted by Crippen LogP contribution is -2.37. The topological polar surface area (TPSA) is 53.7 Å². The minimum Gasteiger partial charge on any atom is -0.492 e. The molecule has 1 saturated heterocycles. The Bertz CT molecular complexity index is 857. The second-order valence-electron chi connectivity index (χ2n) is 6.92. The highest BCUT2D eigenvalue weighted by atomic mass is 32.1. The Morgan fingerprint density at radius 2 is 2.12 bits per heavy atom. The minimum atomic E-state index is 0.0579. The van der Waals surface area contributed by atoms with Crippen molar-refractivity contribution in [2.75, 3.05) is 13.1 Å². The largest absolute Gasteiger partial charge is 0.492 e. The number of nitrogens with zero attached hydrogens (tertiary/aromatic N) is 4. The molecular weight excluding hydrogens is 332 g/mol. The van der Waals surface area contributed by atoms with E-state index in [9.17, 15) is 5.11 Å².